The molecule has 7 nitrogen and oxygen atoms in total. The number of carbonyl (C=O) groups is 2. The number of anilines is 2. The highest BCUT2D eigenvalue weighted by atomic mass is 35.5. The van der Waals surface area contributed by atoms with Gasteiger partial charge in [0.05, 0.1) is 22.6 Å². The number of nitrogens with two attached hydrogens (primary N) is 1. The Hall–Kier alpha value is -2.32. The third-order valence-electron chi connectivity index (χ3n) is 4.10. The fourth-order valence-corrected chi connectivity index (χ4v) is 3.33. The molecule has 2 amide bonds. The molecular weight excluding hydrogens is 374 g/mol. The van der Waals surface area contributed by atoms with E-state index in [9.17, 15) is 9.59 Å². The lowest BCUT2D eigenvalue weighted by atomic mass is 10.1. The largest absolute Gasteiger partial charge is 0.370 e. The van der Waals surface area contributed by atoms with Gasteiger partial charge in [-0.2, -0.15) is 0 Å². The second-order valence-corrected chi connectivity index (χ2v) is 6.98. The van der Waals surface area contributed by atoms with Gasteiger partial charge in [0.15, 0.2) is 10.9 Å². The SMILES string of the molecule is CSc1ncc(Cl)c(C(=O)Nc2cc(C(N)=O)ccc2N2CCCC2)n1. The van der Waals surface area contributed by atoms with Crippen molar-refractivity contribution in [3.05, 3.63) is 40.7 Å². The van der Waals surface area contributed by atoms with Crippen LogP contribution in [0.3, 0.4) is 0 Å². The van der Waals surface area contributed by atoms with E-state index < -0.39 is 11.8 Å². The van der Waals surface area contributed by atoms with Crippen LogP contribution in [0.2, 0.25) is 5.02 Å². The number of aromatic nitrogens is 2. The number of hydrogen-bond donors (Lipinski definition) is 2. The fraction of sp³-hybridized carbons (Fsp3) is 0.294. The molecule has 0 saturated carbocycles. The Bertz CT molecular complexity index is 855. The molecule has 9 heteroatoms. The molecule has 0 spiro atoms. The highest BCUT2D eigenvalue weighted by Crippen LogP contribution is 2.31. The number of halogens is 1. The molecule has 2 heterocycles. The Morgan fingerprint density at radius 3 is 2.69 bits per heavy atom. The lowest BCUT2D eigenvalue weighted by molar-refractivity contribution is 0.0995. The maximum atomic E-state index is 12.7. The summed E-state index contributed by atoms with van der Waals surface area (Å²) in [6.45, 7) is 1.79. The maximum absolute atomic E-state index is 12.7. The van der Waals surface area contributed by atoms with Crippen molar-refractivity contribution in [2.45, 2.75) is 18.0 Å². The summed E-state index contributed by atoms with van der Waals surface area (Å²) in [6, 6.07) is 5.05. The van der Waals surface area contributed by atoms with E-state index >= 15 is 0 Å². The van der Waals surface area contributed by atoms with Gasteiger partial charge in [-0.1, -0.05) is 23.4 Å². The summed E-state index contributed by atoms with van der Waals surface area (Å²) in [4.78, 5) is 34.6. The summed E-state index contributed by atoms with van der Waals surface area (Å²) in [7, 11) is 0. The van der Waals surface area contributed by atoms with Crippen molar-refractivity contribution in [2.75, 3.05) is 29.6 Å². The van der Waals surface area contributed by atoms with Gasteiger partial charge >= 0.3 is 0 Å². The van der Waals surface area contributed by atoms with Crippen LogP contribution < -0.4 is 16.0 Å². The minimum Gasteiger partial charge on any atom is -0.370 e. The topological polar surface area (TPSA) is 101 Å². The molecule has 1 fully saturated rings. The molecule has 2 aromatic rings. The van der Waals surface area contributed by atoms with Crippen LogP contribution in [0.4, 0.5) is 11.4 Å². The van der Waals surface area contributed by atoms with Gasteiger partial charge in [0.1, 0.15) is 0 Å². The van der Waals surface area contributed by atoms with Crippen molar-refractivity contribution in [2.24, 2.45) is 5.73 Å². The smallest absolute Gasteiger partial charge is 0.276 e. The van der Waals surface area contributed by atoms with Crippen LogP contribution >= 0.6 is 23.4 Å². The quantitative estimate of drug-likeness (QED) is 0.600. The summed E-state index contributed by atoms with van der Waals surface area (Å²) < 4.78 is 0. The van der Waals surface area contributed by atoms with Crippen LogP contribution in [-0.4, -0.2) is 41.1 Å². The number of thioether (sulfide) groups is 1. The standard InChI is InChI=1S/C17H18ClN5O2S/c1-26-17-20-9-11(18)14(22-17)16(25)21-12-8-10(15(19)24)4-5-13(12)23-6-2-3-7-23/h4-5,8-9H,2-3,6-7H2,1H3,(H2,19,24)(H,21,25). The molecule has 0 radical (unpaired) electrons. The fourth-order valence-electron chi connectivity index (χ4n) is 2.81. The summed E-state index contributed by atoms with van der Waals surface area (Å²) in [5.41, 5.74) is 7.14. The Kier molecular flexibility index (Phi) is 5.63. The lowest BCUT2D eigenvalue weighted by Crippen LogP contribution is -2.23. The van der Waals surface area contributed by atoms with Crippen LogP contribution in [0.1, 0.15) is 33.7 Å². The van der Waals surface area contributed by atoms with Gasteiger partial charge in [-0.05, 0) is 37.3 Å². The van der Waals surface area contributed by atoms with Crippen LogP contribution in [0.15, 0.2) is 29.6 Å². The van der Waals surface area contributed by atoms with Crippen molar-refractivity contribution in [3.63, 3.8) is 0 Å². The molecule has 1 aromatic heterocycles. The van der Waals surface area contributed by atoms with E-state index in [0.29, 0.717) is 16.4 Å². The monoisotopic (exact) mass is 391 g/mol. The molecule has 0 aliphatic carbocycles. The van der Waals surface area contributed by atoms with Crippen molar-refractivity contribution in [1.29, 1.82) is 0 Å². The molecule has 136 valence electrons. The first-order valence-corrected chi connectivity index (χ1v) is 9.66. The van der Waals surface area contributed by atoms with E-state index in [-0.39, 0.29) is 10.7 Å². The lowest BCUT2D eigenvalue weighted by Gasteiger charge is -2.22. The third-order valence-corrected chi connectivity index (χ3v) is 4.93. The zero-order chi connectivity index (χ0) is 18.7. The minimum atomic E-state index is -0.557. The van der Waals surface area contributed by atoms with E-state index in [1.54, 1.807) is 18.2 Å². The predicted octanol–water partition coefficient (Wildman–Crippen LogP) is 2.80. The van der Waals surface area contributed by atoms with E-state index in [0.717, 1.165) is 31.6 Å². The predicted molar refractivity (Wildman–Crippen MR) is 103 cm³/mol. The molecular formula is C17H18ClN5O2S. The molecule has 26 heavy (non-hydrogen) atoms. The van der Waals surface area contributed by atoms with E-state index in [2.05, 4.69) is 20.2 Å². The Morgan fingerprint density at radius 2 is 2.04 bits per heavy atom. The molecule has 1 aromatic carbocycles. The van der Waals surface area contributed by atoms with E-state index in [4.69, 9.17) is 17.3 Å². The Labute approximate surface area is 160 Å². The Balaban J connectivity index is 1.95. The molecule has 1 aliphatic rings. The van der Waals surface area contributed by atoms with Crippen molar-refractivity contribution in [1.82, 2.24) is 9.97 Å². The average molecular weight is 392 g/mol. The molecule has 0 unspecified atom stereocenters. The normalized spacial score (nSPS) is 13.7. The van der Waals surface area contributed by atoms with Crippen molar-refractivity contribution in [3.8, 4) is 0 Å². The molecule has 1 aliphatic heterocycles. The minimum absolute atomic E-state index is 0.0860. The Morgan fingerprint density at radius 1 is 1.31 bits per heavy atom. The third kappa shape index (κ3) is 3.91. The van der Waals surface area contributed by atoms with Crippen LogP contribution in [0.25, 0.3) is 0 Å². The average Bonchev–Trinajstić information content (AvgIpc) is 3.16. The first-order chi connectivity index (χ1) is 12.5. The summed E-state index contributed by atoms with van der Waals surface area (Å²) in [5.74, 6) is -1.02. The number of nitrogens with one attached hydrogen (secondary N) is 1. The number of amides is 2. The first-order valence-electron chi connectivity index (χ1n) is 8.06. The van der Waals surface area contributed by atoms with Crippen LogP contribution in [0, 0.1) is 0 Å². The highest BCUT2D eigenvalue weighted by Gasteiger charge is 2.20. The van der Waals surface area contributed by atoms with Crippen LogP contribution in [0.5, 0.6) is 0 Å². The van der Waals surface area contributed by atoms with Gasteiger partial charge in [0.25, 0.3) is 5.91 Å². The number of carbonyl (C=O) groups excluding carboxylic acids is 2. The number of nitrogens with zero attached hydrogens (tertiary/aromatic N) is 3. The van der Waals surface area contributed by atoms with Crippen molar-refractivity contribution >= 4 is 46.6 Å². The molecule has 1 saturated heterocycles. The zero-order valence-electron chi connectivity index (χ0n) is 14.2. The highest BCUT2D eigenvalue weighted by molar-refractivity contribution is 7.98. The van der Waals surface area contributed by atoms with Gasteiger partial charge in [-0.15, -0.1) is 0 Å². The number of primary amides is 1. The molecule has 3 N–H and O–H groups in total. The first kappa shape index (κ1) is 18.5. The molecule has 0 bridgehead atoms. The summed E-state index contributed by atoms with van der Waals surface area (Å²) >= 11 is 7.40. The van der Waals surface area contributed by atoms with Gasteiger partial charge in [0, 0.05) is 18.7 Å². The van der Waals surface area contributed by atoms with Gasteiger partial charge in [-0.25, -0.2) is 9.97 Å². The number of rotatable bonds is 5. The van der Waals surface area contributed by atoms with Gasteiger partial charge < -0.3 is 16.0 Å². The second-order valence-electron chi connectivity index (χ2n) is 5.80. The van der Waals surface area contributed by atoms with Gasteiger partial charge in [0.2, 0.25) is 5.91 Å². The second kappa shape index (κ2) is 7.92. The zero-order valence-corrected chi connectivity index (χ0v) is 15.7. The molecule has 0 atom stereocenters. The van der Waals surface area contributed by atoms with Crippen molar-refractivity contribution < 1.29 is 9.59 Å². The van der Waals surface area contributed by atoms with E-state index in [1.165, 1.54) is 18.0 Å². The van der Waals surface area contributed by atoms with Crippen LogP contribution in [-0.2, 0) is 0 Å². The van der Waals surface area contributed by atoms with Gasteiger partial charge in [-0.3, -0.25) is 9.59 Å². The molecule has 3 rings (SSSR count). The number of hydrogen-bond acceptors (Lipinski definition) is 6. The summed E-state index contributed by atoms with van der Waals surface area (Å²) in [5, 5.41) is 3.43. The maximum Gasteiger partial charge on any atom is 0.276 e. The van der Waals surface area contributed by atoms with E-state index in [1.807, 2.05) is 6.26 Å². The summed E-state index contributed by atoms with van der Waals surface area (Å²) in [6.07, 6.45) is 5.38. The number of benzene rings is 1.